The maximum atomic E-state index is 12.4. The SMILES string of the molecule is Cc1cc(C(=O)OCC(=O)Nc2cc(C(C)(C)C)nn2-c2ccccc2)c(C)o1. The van der Waals surface area contributed by atoms with E-state index in [1.165, 1.54) is 0 Å². The van der Waals surface area contributed by atoms with Crippen molar-refractivity contribution in [3.05, 3.63) is 65.2 Å². The van der Waals surface area contributed by atoms with Gasteiger partial charge in [0.2, 0.25) is 0 Å². The maximum Gasteiger partial charge on any atom is 0.342 e. The van der Waals surface area contributed by atoms with Crippen molar-refractivity contribution in [3.8, 4) is 5.69 Å². The third-order valence-electron chi connectivity index (χ3n) is 4.34. The molecule has 0 aliphatic carbocycles. The fourth-order valence-electron chi connectivity index (χ4n) is 2.82. The minimum Gasteiger partial charge on any atom is -0.466 e. The molecule has 0 saturated carbocycles. The molecule has 2 aromatic heterocycles. The molecular formula is C22H25N3O4. The summed E-state index contributed by atoms with van der Waals surface area (Å²) in [6, 6.07) is 12.9. The summed E-state index contributed by atoms with van der Waals surface area (Å²) in [5.74, 6) is 0.540. The largest absolute Gasteiger partial charge is 0.466 e. The van der Waals surface area contributed by atoms with E-state index >= 15 is 0 Å². The number of benzene rings is 1. The fourth-order valence-corrected chi connectivity index (χ4v) is 2.82. The van der Waals surface area contributed by atoms with E-state index in [4.69, 9.17) is 9.15 Å². The van der Waals surface area contributed by atoms with Crippen LogP contribution in [0.25, 0.3) is 5.69 Å². The van der Waals surface area contributed by atoms with Crippen LogP contribution in [-0.4, -0.2) is 28.3 Å². The summed E-state index contributed by atoms with van der Waals surface area (Å²) in [7, 11) is 0. The number of amides is 1. The summed E-state index contributed by atoms with van der Waals surface area (Å²) in [5, 5.41) is 7.43. The number of nitrogens with one attached hydrogen (secondary N) is 1. The molecule has 2 heterocycles. The van der Waals surface area contributed by atoms with Crippen molar-refractivity contribution in [2.75, 3.05) is 11.9 Å². The number of anilines is 1. The Hall–Kier alpha value is -3.35. The van der Waals surface area contributed by atoms with Crippen LogP contribution in [0.2, 0.25) is 0 Å². The van der Waals surface area contributed by atoms with Gasteiger partial charge in [0.15, 0.2) is 6.61 Å². The third kappa shape index (κ3) is 4.74. The Morgan fingerprint density at radius 2 is 1.83 bits per heavy atom. The highest BCUT2D eigenvalue weighted by atomic mass is 16.5. The number of hydrogen-bond acceptors (Lipinski definition) is 5. The van der Waals surface area contributed by atoms with Gasteiger partial charge < -0.3 is 14.5 Å². The van der Waals surface area contributed by atoms with Crippen LogP contribution < -0.4 is 5.32 Å². The van der Waals surface area contributed by atoms with Crippen molar-refractivity contribution in [3.63, 3.8) is 0 Å². The summed E-state index contributed by atoms with van der Waals surface area (Å²) < 4.78 is 12.1. The van der Waals surface area contributed by atoms with Gasteiger partial charge >= 0.3 is 5.97 Å². The molecule has 7 heteroatoms. The lowest BCUT2D eigenvalue weighted by Gasteiger charge is -2.14. The highest BCUT2D eigenvalue weighted by Gasteiger charge is 2.22. The highest BCUT2D eigenvalue weighted by molar-refractivity contribution is 5.95. The second-order valence-corrected chi connectivity index (χ2v) is 7.86. The van der Waals surface area contributed by atoms with Crippen molar-refractivity contribution >= 4 is 17.7 Å². The van der Waals surface area contributed by atoms with Gasteiger partial charge in [-0.15, -0.1) is 0 Å². The first-order valence-electron chi connectivity index (χ1n) is 9.35. The number of hydrogen-bond donors (Lipinski definition) is 1. The number of nitrogens with zero attached hydrogens (tertiary/aromatic N) is 2. The van der Waals surface area contributed by atoms with Gasteiger partial charge in [-0.25, -0.2) is 9.48 Å². The zero-order chi connectivity index (χ0) is 21.2. The van der Waals surface area contributed by atoms with E-state index in [9.17, 15) is 9.59 Å². The molecule has 0 spiro atoms. The molecule has 0 aliphatic heterocycles. The quantitative estimate of drug-likeness (QED) is 0.655. The molecule has 152 valence electrons. The molecule has 29 heavy (non-hydrogen) atoms. The molecule has 0 saturated heterocycles. The van der Waals surface area contributed by atoms with Gasteiger partial charge in [-0.05, 0) is 32.0 Å². The van der Waals surface area contributed by atoms with Crippen LogP contribution in [0.5, 0.6) is 0 Å². The Kier molecular flexibility index (Phi) is 5.59. The third-order valence-corrected chi connectivity index (χ3v) is 4.34. The molecule has 3 rings (SSSR count). The number of para-hydroxylation sites is 1. The number of rotatable bonds is 5. The average Bonchev–Trinajstić information content (AvgIpc) is 3.23. The molecular weight excluding hydrogens is 370 g/mol. The first-order valence-corrected chi connectivity index (χ1v) is 9.35. The minimum atomic E-state index is -0.596. The van der Waals surface area contributed by atoms with E-state index in [1.807, 2.05) is 57.2 Å². The number of carbonyl (C=O) groups is 2. The summed E-state index contributed by atoms with van der Waals surface area (Å²) in [5.41, 5.74) is 1.78. The van der Waals surface area contributed by atoms with Crippen LogP contribution in [0.3, 0.4) is 0 Å². The molecule has 7 nitrogen and oxygen atoms in total. The zero-order valence-electron chi connectivity index (χ0n) is 17.3. The average molecular weight is 395 g/mol. The second-order valence-electron chi connectivity index (χ2n) is 7.86. The normalized spacial score (nSPS) is 11.3. The molecule has 1 amide bonds. The van der Waals surface area contributed by atoms with E-state index in [2.05, 4.69) is 10.4 Å². The summed E-state index contributed by atoms with van der Waals surface area (Å²) >= 11 is 0. The van der Waals surface area contributed by atoms with Crippen LogP contribution in [-0.2, 0) is 14.9 Å². The first kappa shape index (κ1) is 20.4. The first-order chi connectivity index (χ1) is 13.6. The lowest BCUT2D eigenvalue weighted by molar-refractivity contribution is -0.119. The van der Waals surface area contributed by atoms with Crippen LogP contribution in [0.15, 0.2) is 46.9 Å². The number of aromatic nitrogens is 2. The molecule has 1 aromatic carbocycles. The summed E-state index contributed by atoms with van der Waals surface area (Å²) in [6.07, 6.45) is 0. The van der Waals surface area contributed by atoms with Gasteiger partial charge in [-0.3, -0.25) is 4.79 Å². The number of ether oxygens (including phenoxy) is 1. The Morgan fingerprint density at radius 3 is 2.41 bits per heavy atom. The van der Waals surface area contributed by atoms with Crippen LogP contribution in [0.4, 0.5) is 5.82 Å². The van der Waals surface area contributed by atoms with Crippen molar-refractivity contribution in [1.29, 1.82) is 0 Å². The Bertz CT molecular complexity index is 1030. The molecule has 1 N–H and O–H groups in total. The van der Waals surface area contributed by atoms with Gasteiger partial charge in [0.25, 0.3) is 5.91 Å². The molecule has 0 fully saturated rings. The van der Waals surface area contributed by atoms with Gasteiger partial charge in [-0.1, -0.05) is 39.0 Å². The van der Waals surface area contributed by atoms with E-state index in [1.54, 1.807) is 24.6 Å². The molecule has 0 radical (unpaired) electrons. The number of furan rings is 1. The lowest BCUT2D eigenvalue weighted by Crippen LogP contribution is -2.22. The van der Waals surface area contributed by atoms with Crippen LogP contribution in [0, 0.1) is 13.8 Å². The minimum absolute atomic E-state index is 0.192. The van der Waals surface area contributed by atoms with Crippen LogP contribution in [0.1, 0.15) is 48.3 Å². The Balaban J connectivity index is 1.75. The monoisotopic (exact) mass is 395 g/mol. The molecule has 0 aliphatic rings. The fraction of sp³-hybridized carbons (Fsp3) is 0.318. The topological polar surface area (TPSA) is 86.4 Å². The summed E-state index contributed by atoms with van der Waals surface area (Å²) in [6.45, 7) is 9.16. The standard InChI is InChI=1S/C22H25N3O4/c1-14-11-17(15(2)29-14)21(27)28-13-20(26)23-19-12-18(22(3,4)5)24-25(19)16-9-7-6-8-10-16/h6-12H,13H2,1-5H3,(H,23,26). The zero-order valence-corrected chi connectivity index (χ0v) is 17.3. The van der Waals surface area contributed by atoms with Crippen LogP contribution >= 0.6 is 0 Å². The van der Waals surface area contributed by atoms with Gasteiger partial charge in [0.05, 0.1) is 11.4 Å². The Labute approximate surface area is 169 Å². The molecule has 3 aromatic rings. The van der Waals surface area contributed by atoms with E-state index in [-0.39, 0.29) is 5.41 Å². The van der Waals surface area contributed by atoms with Crippen molar-refractivity contribution in [1.82, 2.24) is 9.78 Å². The van der Waals surface area contributed by atoms with E-state index in [0.717, 1.165) is 11.4 Å². The summed E-state index contributed by atoms with van der Waals surface area (Å²) in [4.78, 5) is 24.6. The van der Waals surface area contributed by atoms with Crippen molar-refractivity contribution in [2.45, 2.75) is 40.0 Å². The second kappa shape index (κ2) is 7.95. The number of esters is 1. The molecule has 0 unspecified atom stereocenters. The lowest BCUT2D eigenvalue weighted by atomic mass is 9.92. The molecule has 0 atom stereocenters. The highest BCUT2D eigenvalue weighted by Crippen LogP contribution is 2.26. The van der Waals surface area contributed by atoms with Gasteiger partial charge in [-0.2, -0.15) is 5.10 Å². The maximum absolute atomic E-state index is 12.4. The number of aryl methyl sites for hydroxylation is 2. The van der Waals surface area contributed by atoms with Gasteiger partial charge in [0.1, 0.15) is 22.9 Å². The predicted molar refractivity (Wildman–Crippen MR) is 109 cm³/mol. The number of carbonyl (C=O) groups excluding carboxylic acids is 2. The van der Waals surface area contributed by atoms with Crippen molar-refractivity contribution < 1.29 is 18.7 Å². The predicted octanol–water partition coefficient (Wildman–Crippen LogP) is 4.18. The van der Waals surface area contributed by atoms with Crippen molar-refractivity contribution in [2.24, 2.45) is 0 Å². The van der Waals surface area contributed by atoms with Gasteiger partial charge in [0, 0.05) is 11.5 Å². The van der Waals surface area contributed by atoms with E-state index in [0.29, 0.717) is 22.9 Å². The van der Waals surface area contributed by atoms with E-state index < -0.39 is 18.5 Å². The molecule has 0 bridgehead atoms. The Morgan fingerprint density at radius 1 is 1.14 bits per heavy atom. The smallest absolute Gasteiger partial charge is 0.342 e.